The second kappa shape index (κ2) is 5.02. The highest BCUT2D eigenvalue weighted by Crippen LogP contribution is 2.13. The molecule has 0 fully saturated rings. The molecule has 0 saturated carbocycles. The van der Waals surface area contributed by atoms with Gasteiger partial charge in [-0.2, -0.15) is 0 Å². The third-order valence-electron chi connectivity index (χ3n) is 1.69. The summed E-state index contributed by atoms with van der Waals surface area (Å²) in [5.74, 6) is 0. The Balaban J connectivity index is 4.09. The van der Waals surface area contributed by atoms with Crippen molar-refractivity contribution in [3.05, 3.63) is 25.1 Å². The molecule has 0 aliphatic heterocycles. The Bertz CT molecular complexity index is 151. The van der Waals surface area contributed by atoms with Crippen LogP contribution in [-0.2, 0) is 0 Å². The Kier molecular flexibility index (Phi) is 4.72. The van der Waals surface area contributed by atoms with Crippen LogP contribution in [0.3, 0.4) is 0 Å². The molecule has 0 aromatic carbocycles. The van der Waals surface area contributed by atoms with Gasteiger partial charge in [0.1, 0.15) is 0 Å². The first-order chi connectivity index (χ1) is 5.52. The number of allylic oxidation sites excluding steroid dienone is 1. The summed E-state index contributed by atoms with van der Waals surface area (Å²) in [5, 5.41) is 0. The second-order valence-corrected chi connectivity index (χ2v) is 3.93. The fraction of sp³-hybridized carbons (Fsp3) is 0.636. The van der Waals surface area contributed by atoms with E-state index in [9.17, 15) is 0 Å². The van der Waals surface area contributed by atoms with Crippen LogP contribution < -0.4 is 0 Å². The van der Waals surface area contributed by atoms with Gasteiger partial charge in [0.25, 0.3) is 0 Å². The normalized spacial score (nSPS) is 12.0. The highest BCUT2D eigenvalue weighted by Gasteiger charge is 2.13. The zero-order chi connectivity index (χ0) is 9.61. The molecule has 0 aliphatic rings. The van der Waals surface area contributed by atoms with Gasteiger partial charge in [0.15, 0.2) is 0 Å². The summed E-state index contributed by atoms with van der Waals surface area (Å²) >= 11 is 0. The Morgan fingerprint density at radius 2 is 1.92 bits per heavy atom. The van der Waals surface area contributed by atoms with Crippen LogP contribution in [-0.4, -0.2) is 10.4 Å². The number of hydrogen-bond donors (Lipinski definition) is 0. The third-order valence-corrected chi connectivity index (χ3v) is 1.69. The van der Waals surface area contributed by atoms with Crippen LogP contribution in [0.4, 0.5) is 0 Å². The predicted octanol–water partition coefficient (Wildman–Crippen LogP) is 3.54. The van der Waals surface area contributed by atoms with E-state index in [0.717, 1.165) is 6.42 Å². The molecule has 0 rings (SSSR count). The Hall–Kier alpha value is -0.720. The van der Waals surface area contributed by atoms with E-state index in [2.05, 4.69) is 51.4 Å². The lowest BCUT2D eigenvalue weighted by molar-refractivity contribution is 0.280. The van der Waals surface area contributed by atoms with Crippen LogP contribution in [0.1, 0.15) is 40.5 Å². The standard InChI is InChI=1S/C11H21N/c1-6-8-9-10-12(7-2)11(3,4)5/h7,9-10H,2,6,8H2,1,3-5H3/b10-9-. The maximum Gasteiger partial charge on any atom is 0.0355 e. The minimum atomic E-state index is 0.145. The van der Waals surface area contributed by atoms with Crippen molar-refractivity contribution in [1.29, 1.82) is 0 Å². The predicted molar refractivity (Wildman–Crippen MR) is 55.8 cm³/mol. The molecule has 1 nitrogen and oxygen atoms in total. The molecule has 12 heavy (non-hydrogen) atoms. The molecule has 0 radical (unpaired) electrons. The maximum absolute atomic E-state index is 3.78. The van der Waals surface area contributed by atoms with E-state index in [1.54, 1.807) is 0 Å². The zero-order valence-electron chi connectivity index (χ0n) is 8.80. The topological polar surface area (TPSA) is 3.24 Å². The van der Waals surface area contributed by atoms with Crippen LogP contribution >= 0.6 is 0 Å². The monoisotopic (exact) mass is 167 g/mol. The van der Waals surface area contributed by atoms with Crippen molar-refractivity contribution in [2.24, 2.45) is 0 Å². The Morgan fingerprint density at radius 3 is 2.25 bits per heavy atom. The van der Waals surface area contributed by atoms with Crippen molar-refractivity contribution < 1.29 is 0 Å². The second-order valence-electron chi connectivity index (χ2n) is 3.93. The molecule has 0 aromatic rings. The smallest absolute Gasteiger partial charge is 0.0355 e. The van der Waals surface area contributed by atoms with Crippen LogP contribution in [0.25, 0.3) is 0 Å². The van der Waals surface area contributed by atoms with Crippen LogP contribution in [0.15, 0.2) is 25.1 Å². The molecule has 0 atom stereocenters. The van der Waals surface area contributed by atoms with Gasteiger partial charge < -0.3 is 4.90 Å². The van der Waals surface area contributed by atoms with E-state index < -0.39 is 0 Å². The molecule has 0 bridgehead atoms. The van der Waals surface area contributed by atoms with Crippen molar-refractivity contribution in [2.45, 2.75) is 46.1 Å². The highest BCUT2D eigenvalue weighted by molar-refractivity contribution is 4.94. The molecule has 0 aliphatic carbocycles. The number of unbranched alkanes of at least 4 members (excludes halogenated alkanes) is 1. The zero-order valence-corrected chi connectivity index (χ0v) is 8.80. The van der Waals surface area contributed by atoms with E-state index in [1.165, 1.54) is 6.42 Å². The summed E-state index contributed by atoms with van der Waals surface area (Å²) in [4.78, 5) is 2.13. The first kappa shape index (κ1) is 11.3. The SMILES string of the molecule is C=CN(/C=C\CCC)C(C)(C)C. The number of rotatable bonds is 4. The molecule has 0 spiro atoms. The fourth-order valence-electron chi connectivity index (χ4n) is 0.913. The average Bonchev–Trinajstić information content (AvgIpc) is 1.95. The van der Waals surface area contributed by atoms with E-state index in [1.807, 2.05) is 6.20 Å². The summed E-state index contributed by atoms with van der Waals surface area (Å²) in [6, 6.07) is 0. The molecule has 1 heteroatoms. The summed E-state index contributed by atoms with van der Waals surface area (Å²) in [6.45, 7) is 12.5. The van der Waals surface area contributed by atoms with Gasteiger partial charge in [0, 0.05) is 11.7 Å². The molecule has 70 valence electrons. The van der Waals surface area contributed by atoms with Gasteiger partial charge in [-0.05, 0) is 33.4 Å². The average molecular weight is 167 g/mol. The fourth-order valence-corrected chi connectivity index (χ4v) is 0.913. The van der Waals surface area contributed by atoms with Crippen LogP contribution in [0.5, 0.6) is 0 Å². The molecule has 0 N–H and O–H groups in total. The van der Waals surface area contributed by atoms with Crippen LogP contribution in [0, 0.1) is 0 Å². The van der Waals surface area contributed by atoms with Crippen molar-refractivity contribution in [1.82, 2.24) is 4.90 Å². The van der Waals surface area contributed by atoms with Crippen molar-refractivity contribution in [2.75, 3.05) is 0 Å². The van der Waals surface area contributed by atoms with Gasteiger partial charge in [-0.3, -0.25) is 0 Å². The van der Waals surface area contributed by atoms with Gasteiger partial charge in [-0.1, -0.05) is 26.0 Å². The summed E-state index contributed by atoms with van der Waals surface area (Å²) < 4.78 is 0. The summed E-state index contributed by atoms with van der Waals surface area (Å²) in [7, 11) is 0. The van der Waals surface area contributed by atoms with Gasteiger partial charge in [0.05, 0.1) is 0 Å². The Morgan fingerprint density at radius 1 is 1.33 bits per heavy atom. The minimum absolute atomic E-state index is 0.145. The minimum Gasteiger partial charge on any atom is -0.350 e. The number of nitrogens with zero attached hydrogens (tertiary/aromatic N) is 1. The molecule has 0 unspecified atom stereocenters. The van der Waals surface area contributed by atoms with E-state index in [0.29, 0.717) is 0 Å². The van der Waals surface area contributed by atoms with Gasteiger partial charge >= 0.3 is 0 Å². The maximum atomic E-state index is 3.78. The third kappa shape index (κ3) is 4.22. The van der Waals surface area contributed by atoms with Crippen molar-refractivity contribution in [3.8, 4) is 0 Å². The first-order valence-electron chi connectivity index (χ1n) is 4.60. The summed E-state index contributed by atoms with van der Waals surface area (Å²) in [6.07, 6.45) is 8.50. The molecule has 0 heterocycles. The van der Waals surface area contributed by atoms with E-state index >= 15 is 0 Å². The molecule has 0 aromatic heterocycles. The lowest BCUT2D eigenvalue weighted by Crippen LogP contribution is -2.32. The Labute approximate surface area is 76.8 Å². The highest BCUT2D eigenvalue weighted by atomic mass is 15.1. The van der Waals surface area contributed by atoms with Gasteiger partial charge in [-0.25, -0.2) is 0 Å². The van der Waals surface area contributed by atoms with Gasteiger partial charge in [-0.15, -0.1) is 0 Å². The summed E-state index contributed by atoms with van der Waals surface area (Å²) in [5.41, 5.74) is 0.145. The van der Waals surface area contributed by atoms with Crippen molar-refractivity contribution >= 4 is 0 Å². The molecule has 0 saturated heterocycles. The van der Waals surface area contributed by atoms with Gasteiger partial charge in [0.2, 0.25) is 0 Å². The van der Waals surface area contributed by atoms with Crippen molar-refractivity contribution in [3.63, 3.8) is 0 Å². The molecular weight excluding hydrogens is 146 g/mol. The molecule has 0 amide bonds. The number of hydrogen-bond acceptors (Lipinski definition) is 1. The first-order valence-corrected chi connectivity index (χ1v) is 4.60. The lowest BCUT2D eigenvalue weighted by atomic mass is 10.1. The largest absolute Gasteiger partial charge is 0.350 e. The quantitative estimate of drug-likeness (QED) is 0.619. The van der Waals surface area contributed by atoms with E-state index in [-0.39, 0.29) is 5.54 Å². The molecular formula is C11H21N. The lowest BCUT2D eigenvalue weighted by Gasteiger charge is -2.31. The van der Waals surface area contributed by atoms with Crippen LogP contribution in [0.2, 0.25) is 0 Å². The van der Waals surface area contributed by atoms with E-state index in [4.69, 9.17) is 0 Å².